The number of carbonyl (C=O) groups is 3. The highest BCUT2D eigenvalue weighted by Crippen LogP contribution is 2.60. The molecule has 1 N–H and O–H groups in total. The molecule has 0 radical (unpaired) electrons. The van der Waals surface area contributed by atoms with Crippen LogP contribution in [0.5, 0.6) is 0 Å². The summed E-state index contributed by atoms with van der Waals surface area (Å²) < 4.78 is 0. The molecule has 2 fully saturated rings. The van der Waals surface area contributed by atoms with E-state index in [1.165, 1.54) is 16.2 Å². The molecule has 1 saturated heterocycles. The van der Waals surface area contributed by atoms with Gasteiger partial charge in [0, 0.05) is 28.3 Å². The van der Waals surface area contributed by atoms with Crippen LogP contribution in [0.25, 0.3) is 11.3 Å². The van der Waals surface area contributed by atoms with E-state index in [0.29, 0.717) is 28.7 Å². The fourth-order valence-electron chi connectivity index (χ4n) is 5.56. The van der Waals surface area contributed by atoms with Crippen LogP contribution in [-0.4, -0.2) is 33.6 Å². The monoisotopic (exact) mass is 521 g/mol. The zero-order chi connectivity index (χ0) is 25.7. The molecule has 8 heteroatoms. The topological polar surface area (TPSA) is 79.4 Å². The summed E-state index contributed by atoms with van der Waals surface area (Å²) in [6.07, 6.45) is 1.53. The molecule has 1 saturated carbocycles. The van der Waals surface area contributed by atoms with E-state index in [0.717, 1.165) is 11.1 Å². The molecule has 0 spiro atoms. The van der Waals surface area contributed by atoms with Crippen molar-refractivity contribution in [1.82, 2.24) is 9.88 Å². The Morgan fingerprint density at radius 2 is 1.83 bits per heavy atom. The van der Waals surface area contributed by atoms with Crippen LogP contribution in [0, 0.1) is 16.7 Å². The Labute approximate surface area is 219 Å². The van der Waals surface area contributed by atoms with Crippen molar-refractivity contribution >= 4 is 45.8 Å². The number of carbonyl (C=O) groups excluding carboxylic acids is 3. The first-order chi connectivity index (χ1) is 17.1. The number of thiazole rings is 1. The zero-order valence-electron chi connectivity index (χ0n) is 20.5. The number of benzene rings is 2. The minimum atomic E-state index is -0.966. The smallest absolute Gasteiger partial charge is 0.249 e. The van der Waals surface area contributed by atoms with Gasteiger partial charge in [0.1, 0.15) is 6.04 Å². The highest BCUT2D eigenvalue weighted by Gasteiger charge is 2.65. The maximum atomic E-state index is 13.8. The van der Waals surface area contributed by atoms with Gasteiger partial charge in [-0.25, -0.2) is 4.98 Å². The number of nitrogens with zero attached hydrogens (tertiary/aromatic N) is 2. The second-order valence-electron chi connectivity index (χ2n) is 10.4. The molecule has 2 aliphatic rings. The number of nitrogens with one attached hydrogen (secondary N) is 1. The Kier molecular flexibility index (Phi) is 6.25. The first-order valence-electron chi connectivity index (χ1n) is 12.1. The summed E-state index contributed by atoms with van der Waals surface area (Å²) in [5.74, 6) is -1.22. The highest BCUT2D eigenvalue weighted by molar-refractivity contribution is 7.14. The van der Waals surface area contributed by atoms with Gasteiger partial charge in [-0.05, 0) is 36.0 Å². The summed E-state index contributed by atoms with van der Waals surface area (Å²) in [5.41, 5.74) is 1.33. The minimum absolute atomic E-state index is 0.239. The van der Waals surface area contributed by atoms with Crippen LogP contribution < -0.4 is 5.32 Å². The number of hydrogen-bond donors (Lipinski definition) is 1. The molecule has 1 aromatic heterocycles. The number of halogens is 1. The fourth-order valence-corrected chi connectivity index (χ4v) is 6.40. The maximum absolute atomic E-state index is 13.8. The predicted octanol–water partition coefficient (Wildman–Crippen LogP) is 5.82. The number of anilines is 1. The number of hydrogen-bond acceptors (Lipinski definition) is 5. The zero-order valence-corrected chi connectivity index (χ0v) is 22.0. The molecule has 2 aromatic carbocycles. The van der Waals surface area contributed by atoms with Crippen LogP contribution in [0.15, 0.2) is 60.0 Å². The van der Waals surface area contributed by atoms with E-state index in [-0.39, 0.29) is 24.2 Å². The van der Waals surface area contributed by atoms with Crippen molar-refractivity contribution in [2.45, 2.75) is 46.1 Å². The summed E-state index contributed by atoms with van der Waals surface area (Å²) in [7, 11) is 0. The van der Waals surface area contributed by atoms with Crippen LogP contribution in [0.1, 0.15) is 39.2 Å². The fraction of sp³-hybridized carbons (Fsp3) is 0.357. The van der Waals surface area contributed by atoms with Crippen molar-refractivity contribution < 1.29 is 14.4 Å². The van der Waals surface area contributed by atoms with Gasteiger partial charge in [-0.3, -0.25) is 19.3 Å². The average Bonchev–Trinajstić information content (AvgIpc) is 3.38. The molecule has 3 atom stereocenters. The molecule has 1 aliphatic heterocycles. The Morgan fingerprint density at radius 1 is 1.14 bits per heavy atom. The SMILES string of the molecule is CC12CCC(C(=O)N(C(Cc3ccccc3)C(=O)Nc3nc(-c4ccc(Cl)cc4)cs3)C1=O)C2(C)C. The first-order valence-corrected chi connectivity index (χ1v) is 13.3. The van der Waals surface area contributed by atoms with Gasteiger partial charge < -0.3 is 5.32 Å². The summed E-state index contributed by atoms with van der Waals surface area (Å²) in [4.78, 5) is 47.0. The van der Waals surface area contributed by atoms with Gasteiger partial charge in [0.05, 0.1) is 11.1 Å². The van der Waals surface area contributed by atoms with Gasteiger partial charge in [-0.15, -0.1) is 11.3 Å². The third kappa shape index (κ3) is 4.04. The van der Waals surface area contributed by atoms with E-state index in [2.05, 4.69) is 10.3 Å². The Balaban J connectivity index is 1.45. The Bertz CT molecular complexity index is 1320. The average molecular weight is 522 g/mol. The van der Waals surface area contributed by atoms with Crippen molar-refractivity contribution in [2.24, 2.45) is 16.7 Å². The van der Waals surface area contributed by atoms with Gasteiger partial charge in [0.2, 0.25) is 17.7 Å². The summed E-state index contributed by atoms with van der Waals surface area (Å²) in [6.45, 7) is 5.93. The van der Waals surface area contributed by atoms with Crippen molar-refractivity contribution in [3.05, 3.63) is 70.6 Å². The molecule has 2 bridgehead atoms. The number of amides is 3. The van der Waals surface area contributed by atoms with Gasteiger partial charge in [-0.2, -0.15) is 0 Å². The number of piperidine rings is 1. The molecule has 5 rings (SSSR count). The van der Waals surface area contributed by atoms with Crippen molar-refractivity contribution in [3.8, 4) is 11.3 Å². The van der Waals surface area contributed by atoms with Gasteiger partial charge in [0.15, 0.2) is 5.13 Å². The molecule has 3 amide bonds. The van der Waals surface area contributed by atoms with E-state index in [1.807, 2.05) is 68.6 Å². The highest BCUT2D eigenvalue weighted by atomic mass is 35.5. The minimum Gasteiger partial charge on any atom is -0.300 e. The lowest BCUT2D eigenvalue weighted by Gasteiger charge is -2.49. The lowest BCUT2D eigenvalue weighted by molar-refractivity contribution is -0.172. The summed E-state index contributed by atoms with van der Waals surface area (Å²) in [5, 5.41) is 5.78. The lowest BCUT2D eigenvalue weighted by Crippen LogP contribution is -2.64. The summed E-state index contributed by atoms with van der Waals surface area (Å²) in [6, 6.07) is 15.8. The summed E-state index contributed by atoms with van der Waals surface area (Å²) >= 11 is 7.29. The maximum Gasteiger partial charge on any atom is 0.249 e. The molecule has 3 unspecified atom stereocenters. The van der Waals surface area contributed by atoms with E-state index in [9.17, 15) is 14.4 Å². The number of rotatable bonds is 6. The van der Waals surface area contributed by atoms with E-state index in [1.54, 1.807) is 12.1 Å². The lowest BCUT2D eigenvalue weighted by atomic mass is 9.62. The molecular formula is C28H28ClN3O3S. The quantitative estimate of drug-likeness (QED) is 0.414. The molecule has 2 heterocycles. The second kappa shape index (κ2) is 9.12. The number of fused-ring (bicyclic) bond motifs is 2. The first kappa shape index (κ1) is 24.7. The normalized spacial score (nSPS) is 23.6. The van der Waals surface area contributed by atoms with Crippen molar-refractivity contribution in [2.75, 3.05) is 5.32 Å². The van der Waals surface area contributed by atoms with Crippen LogP contribution in [0.2, 0.25) is 5.02 Å². The largest absolute Gasteiger partial charge is 0.300 e. The van der Waals surface area contributed by atoms with Gasteiger partial charge in [-0.1, -0.05) is 74.8 Å². The van der Waals surface area contributed by atoms with Crippen LogP contribution in [-0.2, 0) is 20.8 Å². The number of likely N-dealkylation sites (tertiary alicyclic amines) is 1. The van der Waals surface area contributed by atoms with Crippen LogP contribution in [0.4, 0.5) is 5.13 Å². The third-order valence-electron chi connectivity index (χ3n) is 8.21. The van der Waals surface area contributed by atoms with Crippen LogP contribution in [0.3, 0.4) is 0 Å². The number of aromatic nitrogens is 1. The van der Waals surface area contributed by atoms with Crippen molar-refractivity contribution in [3.63, 3.8) is 0 Å². The van der Waals surface area contributed by atoms with E-state index < -0.39 is 22.8 Å². The molecule has 3 aromatic rings. The predicted molar refractivity (Wildman–Crippen MR) is 142 cm³/mol. The third-order valence-corrected chi connectivity index (χ3v) is 9.22. The molecule has 1 aliphatic carbocycles. The molecular weight excluding hydrogens is 494 g/mol. The van der Waals surface area contributed by atoms with Crippen LogP contribution >= 0.6 is 22.9 Å². The van der Waals surface area contributed by atoms with E-state index >= 15 is 0 Å². The Hall–Kier alpha value is -3.03. The van der Waals surface area contributed by atoms with Crippen molar-refractivity contribution in [1.29, 1.82) is 0 Å². The standard InChI is InChI=1S/C28H28ClN3O3S/c1-27(2)20-13-14-28(27,3)25(35)32(24(20)34)22(15-17-7-5-4-6-8-17)23(33)31-26-30-21(16-36-26)18-9-11-19(29)12-10-18/h4-12,16,20,22H,13-15H2,1-3H3,(H,30,31,33). The second-order valence-corrected chi connectivity index (χ2v) is 11.7. The Morgan fingerprint density at radius 3 is 2.53 bits per heavy atom. The molecule has 36 heavy (non-hydrogen) atoms. The molecule has 186 valence electrons. The van der Waals surface area contributed by atoms with Gasteiger partial charge >= 0.3 is 0 Å². The number of imide groups is 1. The molecule has 6 nitrogen and oxygen atoms in total. The van der Waals surface area contributed by atoms with Gasteiger partial charge in [0.25, 0.3) is 0 Å². The van der Waals surface area contributed by atoms with E-state index in [4.69, 9.17) is 11.6 Å².